The van der Waals surface area contributed by atoms with Gasteiger partial charge < -0.3 is 14.8 Å². The second-order valence-corrected chi connectivity index (χ2v) is 10.5. The van der Waals surface area contributed by atoms with Crippen molar-refractivity contribution < 1.29 is 19.1 Å². The molecule has 5 rings (SSSR count). The predicted molar refractivity (Wildman–Crippen MR) is 156 cm³/mol. The third-order valence-corrected chi connectivity index (χ3v) is 7.90. The van der Waals surface area contributed by atoms with Crippen LogP contribution in [-0.2, 0) is 21.3 Å². The lowest BCUT2D eigenvalue weighted by atomic mass is 9.89. The van der Waals surface area contributed by atoms with Gasteiger partial charge in [0.15, 0.2) is 0 Å². The molecule has 0 aliphatic heterocycles. The molecule has 41 heavy (non-hydrogen) atoms. The van der Waals surface area contributed by atoms with E-state index in [2.05, 4.69) is 27.9 Å². The Kier molecular flexibility index (Phi) is 8.49. The molecule has 1 aliphatic rings. The van der Waals surface area contributed by atoms with E-state index >= 15 is 0 Å². The van der Waals surface area contributed by atoms with E-state index in [9.17, 15) is 9.59 Å². The van der Waals surface area contributed by atoms with Crippen molar-refractivity contribution in [2.45, 2.75) is 31.7 Å². The SMILES string of the molecule is COCC(C(=O)OC)[C@@H]1C[C@@H](NC(=O)Nc2c(C)c(-c3cnn(C)c3)nn2-c2ccccc2)[C@H](c2ccccc2)C1. The van der Waals surface area contributed by atoms with Crippen molar-refractivity contribution in [3.05, 3.63) is 84.2 Å². The molecule has 2 N–H and O–H groups in total. The zero-order valence-electron chi connectivity index (χ0n) is 23.8. The molecule has 214 valence electrons. The Morgan fingerprint density at radius 2 is 1.76 bits per heavy atom. The van der Waals surface area contributed by atoms with Crippen LogP contribution >= 0.6 is 0 Å². The average molecular weight is 557 g/mol. The van der Waals surface area contributed by atoms with Crippen LogP contribution in [0.3, 0.4) is 0 Å². The number of aromatic nitrogens is 4. The van der Waals surface area contributed by atoms with E-state index in [1.54, 1.807) is 22.7 Å². The molecule has 2 heterocycles. The van der Waals surface area contributed by atoms with Crippen molar-refractivity contribution in [3.63, 3.8) is 0 Å². The molecule has 4 atom stereocenters. The lowest BCUT2D eigenvalue weighted by molar-refractivity contribution is -0.149. The molecule has 1 saturated carbocycles. The summed E-state index contributed by atoms with van der Waals surface area (Å²) in [7, 11) is 4.84. The number of para-hydroxylation sites is 1. The largest absolute Gasteiger partial charge is 0.469 e. The molecule has 10 nitrogen and oxygen atoms in total. The number of rotatable bonds is 9. The number of anilines is 1. The summed E-state index contributed by atoms with van der Waals surface area (Å²) < 4.78 is 13.9. The minimum atomic E-state index is -0.408. The third-order valence-electron chi connectivity index (χ3n) is 7.90. The molecule has 1 unspecified atom stereocenters. The van der Waals surface area contributed by atoms with Gasteiger partial charge in [-0.3, -0.25) is 14.8 Å². The van der Waals surface area contributed by atoms with Crippen LogP contribution in [-0.4, -0.2) is 58.4 Å². The van der Waals surface area contributed by atoms with E-state index in [-0.39, 0.29) is 36.5 Å². The van der Waals surface area contributed by atoms with Gasteiger partial charge in [0.1, 0.15) is 11.5 Å². The van der Waals surface area contributed by atoms with Crippen molar-refractivity contribution in [3.8, 4) is 16.9 Å². The second kappa shape index (κ2) is 12.4. The maximum Gasteiger partial charge on any atom is 0.320 e. The van der Waals surface area contributed by atoms with Gasteiger partial charge in [0, 0.05) is 43.4 Å². The van der Waals surface area contributed by atoms with Gasteiger partial charge in [0.2, 0.25) is 0 Å². The first-order valence-corrected chi connectivity index (χ1v) is 13.7. The van der Waals surface area contributed by atoms with Crippen LogP contribution in [0.15, 0.2) is 73.1 Å². The fraction of sp³-hybridized carbons (Fsp3) is 0.355. The molecule has 0 saturated heterocycles. The molecule has 0 bridgehead atoms. The number of urea groups is 1. The highest BCUT2D eigenvalue weighted by Gasteiger charge is 2.42. The van der Waals surface area contributed by atoms with Crippen LogP contribution in [0.5, 0.6) is 0 Å². The van der Waals surface area contributed by atoms with Gasteiger partial charge in [-0.15, -0.1) is 0 Å². The Hall–Kier alpha value is -4.44. The molecular formula is C31H36N6O4. The van der Waals surface area contributed by atoms with Crippen LogP contribution in [0.25, 0.3) is 16.9 Å². The smallest absolute Gasteiger partial charge is 0.320 e. The lowest BCUT2D eigenvalue weighted by Gasteiger charge is -2.22. The molecule has 4 aromatic rings. The van der Waals surface area contributed by atoms with E-state index in [4.69, 9.17) is 14.6 Å². The summed E-state index contributed by atoms with van der Waals surface area (Å²) in [5.41, 5.74) is 4.36. The Morgan fingerprint density at radius 1 is 1.05 bits per heavy atom. The number of hydrogen-bond donors (Lipinski definition) is 2. The van der Waals surface area contributed by atoms with Crippen LogP contribution < -0.4 is 10.6 Å². The molecule has 1 fully saturated rings. The average Bonchev–Trinajstić information content (AvgIpc) is 3.69. The first-order chi connectivity index (χ1) is 19.9. The van der Waals surface area contributed by atoms with Gasteiger partial charge in [-0.25, -0.2) is 9.48 Å². The Labute approximate surface area is 239 Å². The highest BCUT2D eigenvalue weighted by atomic mass is 16.5. The van der Waals surface area contributed by atoms with Gasteiger partial charge in [-0.1, -0.05) is 48.5 Å². The molecule has 2 aromatic carbocycles. The highest BCUT2D eigenvalue weighted by molar-refractivity contribution is 5.91. The van der Waals surface area contributed by atoms with Crippen LogP contribution in [0.1, 0.15) is 29.9 Å². The fourth-order valence-corrected chi connectivity index (χ4v) is 5.89. The van der Waals surface area contributed by atoms with Gasteiger partial charge >= 0.3 is 12.0 Å². The Morgan fingerprint density at radius 3 is 2.39 bits per heavy atom. The molecule has 10 heteroatoms. The van der Waals surface area contributed by atoms with Gasteiger partial charge in [-0.05, 0) is 43.4 Å². The number of aryl methyl sites for hydroxylation is 1. The summed E-state index contributed by atoms with van der Waals surface area (Å²) in [4.78, 5) is 26.2. The number of hydrogen-bond acceptors (Lipinski definition) is 6. The summed E-state index contributed by atoms with van der Waals surface area (Å²) in [5, 5.41) is 15.4. The summed E-state index contributed by atoms with van der Waals surface area (Å²) in [6.07, 6.45) is 5.00. The number of amides is 2. The van der Waals surface area contributed by atoms with Gasteiger partial charge in [0.05, 0.1) is 31.5 Å². The minimum absolute atomic E-state index is 0.00771. The monoisotopic (exact) mass is 556 g/mol. The van der Waals surface area contributed by atoms with Gasteiger partial charge in [-0.2, -0.15) is 10.2 Å². The molecule has 2 amide bonds. The number of nitrogens with zero attached hydrogens (tertiary/aromatic N) is 4. The summed E-state index contributed by atoms with van der Waals surface area (Å²) >= 11 is 0. The summed E-state index contributed by atoms with van der Waals surface area (Å²) in [5.74, 6) is -0.104. The zero-order chi connectivity index (χ0) is 28.9. The lowest BCUT2D eigenvalue weighted by Crippen LogP contribution is -2.40. The van der Waals surface area contributed by atoms with Gasteiger partial charge in [0.25, 0.3) is 0 Å². The maximum absolute atomic E-state index is 13.6. The molecule has 0 spiro atoms. The highest BCUT2D eigenvalue weighted by Crippen LogP contribution is 2.42. The Balaban J connectivity index is 1.43. The van der Waals surface area contributed by atoms with Crippen molar-refractivity contribution in [2.75, 3.05) is 26.1 Å². The van der Waals surface area contributed by atoms with E-state index in [1.165, 1.54) is 7.11 Å². The number of carbonyl (C=O) groups is 2. The van der Waals surface area contributed by atoms with E-state index < -0.39 is 5.92 Å². The number of ether oxygens (including phenoxy) is 2. The number of nitrogens with one attached hydrogen (secondary N) is 2. The first kappa shape index (κ1) is 28.1. The van der Waals surface area contributed by atoms with E-state index in [1.807, 2.05) is 68.7 Å². The number of benzene rings is 2. The van der Waals surface area contributed by atoms with Crippen molar-refractivity contribution in [1.29, 1.82) is 0 Å². The summed E-state index contributed by atoms with van der Waals surface area (Å²) in [6, 6.07) is 19.2. The summed E-state index contributed by atoms with van der Waals surface area (Å²) in [6.45, 7) is 2.21. The normalized spacial score (nSPS) is 19.1. The topological polar surface area (TPSA) is 112 Å². The van der Waals surface area contributed by atoms with Crippen LogP contribution in [0, 0.1) is 18.8 Å². The van der Waals surface area contributed by atoms with Crippen LogP contribution in [0.4, 0.5) is 10.6 Å². The maximum atomic E-state index is 13.6. The molecule has 2 aromatic heterocycles. The number of carbonyl (C=O) groups excluding carboxylic acids is 2. The zero-order valence-corrected chi connectivity index (χ0v) is 23.8. The first-order valence-electron chi connectivity index (χ1n) is 13.7. The van der Waals surface area contributed by atoms with E-state index in [0.717, 1.165) is 34.5 Å². The predicted octanol–water partition coefficient (Wildman–Crippen LogP) is 4.70. The number of esters is 1. The molecular weight excluding hydrogens is 520 g/mol. The minimum Gasteiger partial charge on any atom is -0.469 e. The quantitative estimate of drug-likeness (QED) is 0.289. The third kappa shape index (κ3) is 6.02. The van der Waals surface area contributed by atoms with Crippen LogP contribution in [0.2, 0.25) is 0 Å². The van der Waals surface area contributed by atoms with Crippen molar-refractivity contribution in [2.24, 2.45) is 18.9 Å². The standard InChI is InChI=1S/C31H36N6O4/c1-20-28(23-17-32-36(2)18-23)35-37(24-13-9-6-10-14-24)29(20)34-31(39)33-27-16-22(26(19-40-3)30(38)41-4)15-25(27)21-11-7-5-8-12-21/h5-14,17-18,22,25-27H,15-16,19H2,1-4H3,(H2,33,34,39)/t22-,25-,26?,27+/m0/s1. The number of methoxy groups -OCH3 is 2. The van der Waals surface area contributed by atoms with Crippen molar-refractivity contribution >= 4 is 17.8 Å². The van der Waals surface area contributed by atoms with Crippen molar-refractivity contribution in [1.82, 2.24) is 24.9 Å². The molecule has 0 radical (unpaired) electrons. The Bertz CT molecular complexity index is 1480. The molecule has 1 aliphatic carbocycles. The fourth-order valence-electron chi connectivity index (χ4n) is 5.89. The second-order valence-electron chi connectivity index (χ2n) is 10.5. The van der Waals surface area contributed by atoms with E-state index in [0.29, 0.717) is 12.2 Å².